The van der Waals surface area contributed by atoms with Crippen LogP contribution in [-0.4, -0.2) is 12.5 Å². The maximum Gasteiger partial charge on any atom is 0.258 e. The minimum atomic E-state index is -0.109. The van der Waals surface area contributed by atoms with Crippen LogP contribution in [0, 0.1) is 6.92 Å². The number of thiophene rings is 1. The summed E-state index contributed by atoms with van der Waals surface area (Å²) in [6.45, 7) is 2.59. The van der Waals surface area contributed by atoms with E-state index in [1.807, 2.05) is 48.0 Å². The van der Waals surface area contributed by atoms with Crippen LogP contribution in [0.15, 0.2) is 41.1 Å². The van der Waals surface area contributed by atoms with E-state index in [1.165, 1.54) is 0 Å². The van der Waals surface area contributed by atoms with Gasteiger partial charge in [0.1, 0.15) is 5.75 Å². The van der Waals surface area contributed by atoms with Crippen molar-refractivity contribution in [3.63, 3.8) is 0 Å². The third-order valence-electron chi connectivity index (χ3n) is 2.43. The van der Waals surface area contributed by atoms with Crippen molar-refractivity contribution >= 4 is 17.2 Å². The fourth-order valence-corrected chi connectivity index (χ4v) is 2.17. The molecule has 1 amide bonds. The predicted octanol–water partition coefficient (Wildman–Crippen LogP) is 2.75. The molecule has 1 aromatic heterocycles. The van der Waals surface area contributed by atoms with Crippen molar-refractivity contribution in [3.05, 3.63) is 52.2 Å². The van der Waals surface area contributed by atoms with Gasteiger partial charge in [-0.15, -0.1) is 0 Å². The number of aryl methyl sites for hydroxylation is 1. The van der Waals surface area contributed by atoms with E-state index < -0.39 is 0 Å². The van der Waals surface area contributed by atoms with Crippen LogP contribution >= 0.6 is 11.3 Å². The molecule has 0 fully saturated rings. The summed E-state index contributed by atoms with van der Waals surface area (Å²) >= 11 is 1.62. The minimum absolute atomic E-state index is 0.0492. The fraction of sp³-hybridized carbons (Fsp3) is 0.214. The Morgan fingerprint density at radius 1 is 1.39 bits per heavy atom. The number of hydrogen-bond donors (Lipinski definition) is 1. The molecule has 0 radical (unpaired) electrons. The first-order valence-electron chi connectivity index (χ1n) is 5.71. The van der Waals surface area contributed by atoms with Gasteiger partial charge in [0.2, 0.25) is 0 Å². The van der Waals surface area contributed by atoms with Crippen LogP contribution in [0.5, 0.6) is 5.75 Å². The minimum Gasteiger partial charge on any atom is -0.484 e. The lowest BCUT2D eigenvalue weighted by Crippen LogP contribution is -2.28. The molecule has 1 N–H and O–H groups in total. The lowest BCUT2D eigenvalue weighted by molar-refractivity contribution is -0.123. The highest BCUT2D eigenvalue weighted by atomic mass is 32.1. The van der Waals surface area contributed by atoms with Gasteiger partial charge in [-0.25, -0.2) is 0 Å². The highest BCUT2D eigenvalue weighted by molar-refractivity contribution is 7.07. The van der Waals surface area contributed by atoms with Gasteiger partial charge in [-0.3, -0.25) is 4.79 Å². The Hall–Kier alpha value is -1.81. The Morgan fingerprint density at radius 3 is 3.00 bits per heavy atom. The molecule has 0 aliphatic carbocycles. The van der Waals surface area contributed by atoms with Gasteiger partial charge < -0.3 is 10.1 Å². The molecule has 0 spiro atoms. The van der Waals surface area contributed by atoms with Gasteiger partial charge in [0.15, 0.2) is 6.61 Å². The molecule has 3 nitrogen and oxygen atoms in total. The molecular formula is C14H15NO2S. The molecule has 1 heterocycles. The monoisotopic (exact) mass is 261 g/mol. The van der Waals surface area contributed by atoms with E-state index in [9.17, 15) is 4.79 Å². The SMILES string of the molecule is Cc1cccc(OCC(=O)NCc2ccsc2)c1. The Kier molecular flexibility index (Phi) is 4.36. The second kappa shape index (κ2) is 6.21. The molecule has 1 aromatic carbocycles. The van der Waals surface area contributed by atoms with Crippen molar-refractivity contribution in [2.24, 2.45) is 0 Å². The van der Waals surface area contributed by atoms with E-state index in [0.29, 0.717) is 6.54 Å². The number of ether oxygens (including phenoxy) is 1. The first-order chi connectivity index (χ1) is 8.74. The fourth-order valence-electron chi connectivity index (χ4n) is 1.50. The summed E-state index contributed by atoms with van der Waals surface area (Å²) in [6.07, 6.45) is 0. The molecule has 94 valence electrons. The molecule has 0 unspecified atom stereocenters. The molecule has 2 rings (SSSR count). The molecular weight excluding hydrogens is 246 g/mol. The highest BCUT2D eigenvalue weighted by Gasteiger charge is 2.03. The molecule has 0 bridgehead atoms. The number of carbonyl (C=O) groups is 1. The van der Waals surface area contributed by atoms with Crippen LogP contribution in [-0.2, 0) is 11.3 Å². The molecule has 0 aliphatic heterocycles. The maximum atomic E-state index is 11.6. The van der Waals surface area contributed by atoms with Gasteiger partial charge in [0, 0.05) is 6.54 Å². The van der Waals surface area contributed by atoms with Gasteiger partial charge in [-0.05, 0) is 47.0 Å². The Bertz CT molecular complexity index is 508. The summed E-state index contributed by atoms with van der Waals surface area (Å²) in [6, 6.07) is 9.65. The number of rotatable bonds is 5. The molecule has 18 heavy (non-hydrogen) atoms. The maximum absolute atomic E-state index is 11.6. The van der Waals surface area contributed by atoms with Crippen molar-refractivity contribution < 1.29 is 9.53 Å². The molecule has 0 atom stereocenters. The first-order valence-corrected chi connectivity index (χ1v) is 6.65. The lowest BCUT2D eigenvalue weighted by Gasteiger charge is -2.07. The predicted molar refractivity (Wildman–Crippen MR) is 72.8 cm³/mol. The van der Waals surface area contributed by atoms with E-state index in [1.54, 1.807) is 11.3 Å². The normalized spacial score (nSPS) is 10.1. The molecule has 4 heteroatoms. The first kappa shape index (κ1) is 12.6. The van der Waals surface area contributed by atoms with E-state index in [2.05, 4.69) is 5.32 Å². The van der Waals surface area contributed by atoms with E-state index in [-0.39, 0.29) is 12.5 Å². The van der Waals surface area contributed by atoms with Crippen LogP contribution < -0.4 is 10.1 Å². The third kappa shape index (κ3) is 3.89. The quantitative estimate of drug-likeness (QED) is 0.898. The van der Waals surface area contributed by atoms with E-state index in [0.717, 1.165) is 16.9 Å². The molecule has 0 aliphatic rings. The largest absolute Gasteiger partial charge is 0.484 e. The lowest BCUT2D eigenvalue weighted by atomic mass is 10.2. The second-order valence-corrected chi connectivity index (χ2v) is 4.79. The summed E-state index contributed by atoms with van der Waals surface area (Å²) in [5, 5.41) is 6.82. The van der Waals surface area contributed by atoms with Crippen molar-refractivity contribution in [2.45, 2.75) is 13.5 Å². The number of hydrogen-bond acceptors (Lipinski definition) is 3. The number of carbonyl (C=O) groups excluding carboxylic acids is 1. The van der Waals surface area contributed by atoms with E-state index in [4.69, 9.17) is 4.74 Å². The third-order valence-corrected chi connectivity index (χ3v) is 3.16. The number of nitrogens with one attached hydrogen (secondary N) is 1. The van der Waals surface area contributed by atoms with Crippen molar-refractivity contribution in [1.82, 2.24) is 5.32 Å². The zero-order valence-electron chi connectivity index (χ0n) is 10.2. The summed E-state index contributed by atoms with van der Waals surface area (Å²) in [5.74, 6) is 0.614. The Morgan fingerprint density at radius 2 is 2.28 bits per heavy atom. The van der Waals surface area contributed by atoms with E-state index >= 15 is 0 Å². The second-order valence-electron chi connectivity index (χ2n) is 4.01. The summed E-state index contributed by atoms with van der Waals surface area (Å²) in [5.41, 5.74) is 2.23. The Labute approximate surface area is 110 Å². The molecule has 0 saturated carbocycles. The van der Waals surface area contributed by atoms with Crippen LogP contribution in [0.2, 0.25) is 0 Å². The van der Waals surface area contributed by atoms with Gasteiger partial charge >= 0.3 is 0 Å². The average Bonchev–Trinajstić information content (AvgIpc) is 2.87. The average molecular weight is 261 g/mol. The van der Waals surface area contributed by atoms with Crippen LogP contribution in [0.25, 0.3) is 0 Å². The summed E-state index contributed by atoms with van der Waals surface area (Å²) in [4.78, 5) is 11.6. The van der Waals surface area contributed by atoms with Gasteiger partial charge in [0.05, 0.1) is 0 Å². The molecule has 2 aromatic rings. The van der Waals surface area contributed by atoms with Crippen LogP contribution in [0.4, 0.5) is 0 Å². The Balaban J connectivity index is 1.75. The zero-order valence-corrected chi connectivity index (χ0v) is 11.0. The highest BCUT2D eigenvalue weighted by Crippen LogP contribution is 2.12. The molecule has 0 saturated heterocycles. The van der Waals surface area contributed by atoms with Gasteiger partial charge in [-0.2, -0.15) is 11.3 Å². The number of amides is 1. The topological polar surface area (TPSA) is 38.3 Å². The smallest absolute Gasteiger partial charge is 0.258 e. The van der Waals surface area contributed by atoms with Crippen LogP contribution in [0.3, 0.4) is 0 Å². The van der Waals surface area contributed by atoms with Crippen molar-refractivity contribution in [1.29, 1.82) is 0 Å². The van der Waals surface area contributed by atoms with Gasteiger partial charge in [-0.1, -0.05) is 12.1 Å². The summed E-state index contributed by atoms with van der Waals surface area (Å²) < 4.78 is 5.41. The van der Waals surface area contributed by atoms with Crippen molar-refractivity contribution in [2.75, 3.05) is 6.61 Å². The van der Waals surface area contributed by atoms with Gasteiger partial charge in [0.25, 0.3) is 5.91 Å². The zero-order chi connectivity index (χ0) is 12.8. The number of benzene rings is 1. The standard InChI is InChI=1S/C14H15NO2S/c1-11-3-2-4-13(7-11)17-9-14(16)15-8-12-5-6-18-10-12/h2-7,10H,8-9H2,1H3,(H,15,16). The van der Waals surface area contributed by atoms with Crippen LogP contribution in [0.1, 0.15) is 11.1 Å². The van der Waals surface area contributed by atoms with Crippen molar-refractivity contribution in [3.8, 4) is 5.75 Å². The summed E-state index contributed by atoms with van der Waals surface area (Å²) in [7, 11) is 0.